The minimum atomic E-state index is -0.0338. The van der Waals surface area contributed by atoms with Crippen LogP contribution in [0.15, 0.2) is 52.4 Å². The quantitative estimate of drug-likeness (QED) is 0.671. The van der Waals surface area contributed by atoms with Crippen LogP contribution in [0.4, 0.5) is 5.69 Å². The Balaban J connectivity index is 1.94. The number of nitrogens with zero attached hydrogens (tertiary/aromatic N) is 2. The van der Waals surface area contributed by atoms with Crippen LogP contribution in [0.3, 0.4) is 0 Å². The van der Waals surface area contributed by atoms with Crippen molar-refractivity contribution in [1.82, 2.24) is 4.90 Å². The number of likely N-dealkylation sites (N-methyl/N-ethyl adjacent to an activating group) is 1. The molecule has 134 valence electrons. The average molecular weight is 387 g/mol. The van der Waals surface area contributed by atoms with Crippen LogP contribution in [0.25, 0.3) is 6.08 Å². The van der Waals surface area contributed by atoms with Crippen molar-refractivity contribution in [2.45, 2.75) is 13.8 Å². The Kier molecular flexibility index (Phi) is 5.69. The molecule has 1 aliphatic rings. The number of halogens is 1. The van der Waals surface area contributed by atoms with E-state index < -0.39 is 0 Å². The zero-order valence-electron chi connectivity index (χ0n) is 14.8. The number of methoxy groups -OCH3 is 1. The third-order valence-electron chi connectivity index (χ3n) is 4.00. The minimum Gasteiger partial charge on any atom is -0.497 e. The van der Waals surface area contributed by atoms with Gasteiger partial charge in [0, 0.05) is 11.6 Å². The topological polar surface area (TPSA) is 41.9 Å². The van der Waals surface area contributed by atoms with E-state index in [-0.39, 0.29) is 5.91 Å². The summed E-state index contributed by atoms with van der Waals surface area (Å²) in [6, 6.07) is 13.1. The van der Waals surface area contributed by atoms with Gasteiger partial charge in [0.05, 0.1) is 17.7 Å². The molecular weight excluding hydrogens is 368 g/mol. The molecule has 4 nitrogen and oxygen atoms in total. The first-order valence-electron chi connectivity index (χ1n) is 8.22. The summed E-state index contributed by atoms with van der Waals surface area (Å²) in [4.78, 5) is 19.7. The second-order valence-corrected chi connectivity index (χ2v) is 7.20. The summed E-state index contributed by atoms with van der Waals surface area (Å²) in [5, 5.41) is 1.28. The van der Waals surface area contributed by atoms with E-state index in [0.717, 1.165) is 22.6 Å². The number of hydrogen-bond acceptors (Lipinski definition) is 4. The second kappa shape index (κ2) is 7.98. The number of carbonyl (C=O) groups is 1. The minimum absolute atomic E-state index is 0.0338. The van der Waals surface area contributed by atoms with Crippen LogP contribution in [0.1, 0.15) is 18.1 Å². The second-order valence-electron chi connectivity index (χ2n) is 5.76. The summed E-state index contributed by atoms with van der Waals surface area (Å²) in [6.07, 6.45) is 1.91. The first-order valence-corrected chi connectivity index (χ1v) is 9.41. The van der Waals surface area contributed by atoms with Crippen molar-refractivity contribution >= 4 is 46.2 Å². The molecule has 2 aromatic rings. The van der Waals surface area contributed by atoms with E-state index in [1.807, 2.05) is 50.3 Å². The molecule has 0 radical (unpaired) electrons. The highest BCUT2D eigenvalue weighted by Gasteiger charge is 2.32. The van der Waals surface area contributed by atoms with Crippen molar-refractivity contribution in [1.29, 1.82) is 0 Å². The smallest absolute Gasteiger partial charge is 0.266 e. The lowest BCUT2D eigenvalue weighted by molar-refractivity contribution is -0.122. The Morgan fingerprint density at radius 3 is 2.73 bits per heavy atom. The Morgan fingerprint density at radius 1 is 1.27 bits per heavy atom. The molecular formula is C20H19ClN2O2S. The molecule has 1 fully saturated rings. The number of amidine groups is 1. The summed E-state index contributed by atoms with van der Waals surface area (Å²) in [6.45, 7) is 4.50. The Labute approximate surface area is 162 Å². The Hall–Kier alpha value is -2.24. The number of amides is 1. The Morgan fingerprint density at radius 2 is 2.08 bits per heavy atom. The van der Waals surface area contributed by atoms with Crippen molar-refractivity contribution < 1.29 is 9.53 Å². The molecule has 0 saturated carbocycles. The highest BCUT2D eigenvalue weighted by molar-refractivity contribution is 8.18. The fourth-order valence-electron chi connectivity index (χ4n) is 2.60. The predicted molar refractivity (Wildman–Crippen MR) is 109 cm³/mol. The lowest BCUT2D eigenvalue weighted by Gasteiger charge is -2.12. The maximum Gasteiger partial charge on any atom is 0.266 e. The van der Waals surface area contributed by atoms with Gasteiger partial charge in [-0.05, 0) is 73.1 Å². The van der Waals surface area contributed by atoms with Crippen molar-refractivity contribution in [3.05, 3.63) is 63.5 Å². The van der Waals surface area contributed by atoms with E-state index in [4.69, 9.17) is 16.3 Å². The van der Waals surface area contributed by atoms with Crippen LogP contribution in [-0.2, 0) is 4.79 Å². The zero-order chi connectivity index (χ0) is 18.7. The summed E-state index contributed by atoms with van der Waals surface area (Å²) in [7, 11) is 1.64. The van der Waals surface area contributed by atoms with E-state index >= 15 is 0 Å². The SMILES string of the molecule is CCN1C(=O)/C(=C\c2ccc(OC)cc2C)SC1=Nc1cccc(Cl)c1. The standard InChI is InChI=1S/C20H19ClN2O2S/c1-4-23-19(24)18(11-14-8-9-17(25-3)10-13(14)2)26-20(23)22-16-7-5-6-15(21)12-16/h5-12H,4H2,1-3H3/b18-11+,22-20?. The molecule has 26 heavy (non-hydrogen) atoms. The van der Waals surface area contributed by atoms with Gasteiger partial charge in [0.15, 0.2) is 5.17 Å². The molecule has 1 saturated heterocycles. The zero-order valence-corrected chi connectivity index (χ0v) is 16.4. The molecule has 1 amide bonds. The molecule has 0 aromatic heterocycles. The van der Waals surface area contributed by atoms with Crippen LogP contribution in [0, 0.1) is 6.92 Å². The molecule has 2 aromatic carbocycles. The molecule has 0 bridgehead atoms. The molecule has 0 aliphatic carbocycles. The van der Waals surface area contributed by atoms with Crippen LogP contribution in [-0.4, -0.2) is 29.6 Å². The maximum atomic E-state index is 12.7. The van der Waals surface area contributed by atoms with Gasteiger partial charge < -0.3 is 4.74 Å². The normalized spacial score (nSPS) is 17.4. The maximum absolute atomic E-state index is 12.7. The van der Waals surface area contributed by atoms with Gasteiger partial charge in [-0.3, -0.25) is 9.69 Å². The summed E-state index contributed by atoms with van der Waals surface area (Å²) < 4.78 is 5.24. The number of carbonyl (C=O) groups excluding carboxylic acids is 1. The van der Waals surface area contributed by atoms with E-state index in [9.17, 15) is 4.79 Å². The van der Waals surface area contributed by atoms with Crippen molar-refractivity contribution in [3.8, 4) is 5.75 Å². The highest BCUT2D eigenvalue weighted by atomic mass is 35.5. The molecule has 0 atom stereocenters. The van der Waals surface area contributed by atoms with Crippen LogP contribution < -0.4 is 4.74 Å². The fourth-order valence-corrected chi connectivity index (χ4v) is 3.84. The highest BCUT2D eigenvalue weighted by Crippen LogP contribution is 2.35. The number of ether oxygens (including phenoxy) is 1. The van der Waals surface area contributed by atoms with Crippen molar-refractivity contribution in [2.24, 2.45) is 4.99 Å². The predicted octanol–water partition coefficient (Wildman–Crippen LogP) is 5.28. The van der Waals surface area contributed by atoms with Crippen molar-refractivity contribution in [2.75, 3.05) is 13.7 Å². The number of benzene rings is 2. The van der Waals surface area contributed by atoms with Gasteiger partial charge in [-0.25, -0.2) is 4.99 Å². The van der Waals surface area contributed by atoms with E-state index in [0.29, 0.717) is 21.6 Å². The monoisotopic (exact) mass is 386 g/mol. The van der Waals surface area contributed by atoms with Gasteiger partial charge in [0.1, 0.15) is 5.75 Å². The first kappa shape index (κ1) is 18.5. The van der Waals surface area contributed by atoms with Gasteiger partial charge >= 0.3 is 0 Å². The van der Waals surface area contributed by atoms with Crippen LogP contribution in [0.5, 0.6) is 5.75 Å². The number of thioether (sulfide) groups is 1. The molecule has 0 spiro atoms. The molecule has 1 heterocycles. The molecule has 0 unspecified atom stereocenters. The summed E-state index contributed by atoms with van der Waals surface area (Å²) >= 11 is 7.41. The number of aliphatic imine (C=N–C) groups is 1. The van der Waals surface area contributed by atoms with Crippen LogP contribution >= 0.6 is 23.4 Å². The van der Waals surface area contributed by atoms with Crippen molar-refractivity contribution in [3.63, 3.8) is 0 Å². The lowest BCUT2D eigenvalue weighted by atomic mass is 10.1. The molecule has 0 N–H and O–H groups in total. The van der Waals surface area contributed by atoms with E-state index in [1.165, 1.54) is 11.8 Å². The van der Waals surface area contributed by atoms with Gasteiger partial charge in [-0.1, -0.05) is 23.7 Å². The Bertz CT molecular complexity index is 908. The lowest BCUT2D eigenvalue weighted by Crippen LogP contribution is -2.28. The van der Waals surface area contributed by atoms with Gasteiger partial charge in [-0.15, -0.1) is 0 Å². The fraction of sp³-hybridized carbons (Fsp3) is 0.200. The first-order chi connectivity index (χ1) is 12.5. The molecule has 3 rings (SSSR count). The third-order valence-corrected chi connectivity index (χ3v) is 5.24. The summed E-state index contributed by atoms with van der Waals surface area (Å²) in [5.41, 5.74) is 2.77. The van der Waals surface area contributed by atoms with Gasteiger partial charge in [0.25, 0.3) is 5.91 Å². The third kappa shape index (κ3) is 3.94. The van der Waals surface area contributed by atoms with E-state index in [1.54, 1.807) is 24.1 Å². The number of hydrogen-bond donors (Lipinski definition) is 0. The molecule has 1 aliphatic heterocycles. The summed E-state index contributed by atoms with van der Waals surface area (Å²) in [5.74, 6) is 0.766. The van der Waals surface area contributed by atoms with Crippen LogP contribution in [0.2, 0.25) is 5.02 Å². The number of aryl methyl sites for hydroxylation is 1. The van der Waals surface area contributed by atoms with E-state index in [2.05, 4.69) is 4.99 Å². The average Bonchev–Trinajstić information content (AvgIpc) is 2.91. The number of rotatable bonds is 4. The molecule has 6 heteroatoms. The van der Waals surface area contributed by atoms with Gasteiger partial charge in [-0.2, -0.15) is 0 Å². The largest absolute Gasteiger partial charge is 0.497 e. The van der Waals surface area contributed by atoms with Gasteiger partial charge in [0.2, 0.25) is 0 Å².